The van der Waals surface area contributed by atoms with Crippen molar-refractivity contribution < 1.29 is 5.11 Å². The lowest BCUT2D eigenvalue weighted by molar-refractivity contribution is 0.0925. The van der Waals surface area contributed by atoms with Crippen LogP contribution in [0, 0.1) is 5.92 Å². The minimum atomic E-state index is -0.551. The third-order valence-corrected chi connectivity index (χ3v) is 7.01. The van der Waals surface area contributed by atoms with Crippen LogP contribution in [0.1, 0.15) is 31.8 Å². The number of nitrogens with one attached hydrogen (secondary N) is 2. The van der Waals surface area contributed by atoms with Gasteiger partial charge in [-0.2, -0.15) is 0 Å². The van der Waals surface area contributed by atoms with E-state index in [2.05, 4.69) is 66.5 Å². The molecule has 8 heteroatoms. The Morgan fingerprint density at radius 3 is 2.52 bits per heavy atom. The zero-order valence-corrected chi connectivity index (χ0v) is 22.3. The third-order valence-electron chi connectivity index (χ3n) is 5.79. The Bertz CT molecular complexity index is 786. The van der Waals surface area contributed by atoms with Gasteiger partial charge in [-0.1, -0.05) is 32.0 Å². The van der Waals surface area contributed by atoms with E-state index in [1.165, 1.54) is 10.1 Å². The number of likely N-dealkylation sites (N-methyl/N-ethyl adjacent to an activating group) is 1. The molecule has 1 aliphatic rings. The minimum Gasteiger partial charge on any atom is -0.386 e. The molecule has 3 rings (SSSR count). The molecule has 2 unspecified atom stereocenters. The first kappa shape index (κ1) is 26.3. The van der Waals surface area contributed by atoms with Crippen molar-refractivity contribution in [3.05, 3.63) is 35.2 Å². The molecule has 1 fully saturated rings. The number of aliphatic hydroxyl groups is 1. The van der Waals surface area contributed by atoms with Crippen LogP contribution in [0.2, 0.25) is 0 Å². The molecule has 2 aromatic rings. The topological polar surface area (TPSA) is 63.1 Å². The second-order valence-corrected chi connectivity index (χ2v) is 9.57. The van der Waals surface area contributed by atoms with Crippen LogP contribution in [-0.4, -0.2) is 79.8 Å². The minimum absolute atomic E-state index is 0. The monoisotopic (exact) mass is 559 g/mol. The highest BCUT2D eigenvalue weighted by Gasteiger charge is 2.25. The van der Waals surface area contributed by atoms with Gasteiger partial charge in [0, 0.05) is 54.9 Å². The standard InChI is InChI=1S/C23H37N5OS.HI/c1-5-24-23(25-15-19(17(2)3)28-12-10-27(4)11-13-28)26-16-20(29)22-14-18-8-6-7-9-21(18)30-22;/h6-9,14,17,19-20,29H,5,10-13,15-16H2,1-4H3,(H2,24,25,26);1H. The Balaban J connectivity index is 0.00000341. The molecule has 2 heterocycles. The molecule has 0 radical (unpaired) electrons. The van der Waals surface area contributed by atoms with Crippen molar-refractivity contribution in [3.8, 4) is 0 Å². The summed E-state index contributed by atoms with van der Waals surface area (Å²) in [6, 6.07) is 10.8. The van der Waals surface area contributed by atoms with E-state index in [0.29, 0.717) is 18.5 Å². The van der Waals surface area contributed by atoms with Gasteiger partial charge in [0.25, 0.3) is 0 Å². The predicted octanol–water partition coefficient (Wildman–Crippen LogP) is 3.38. The Kier molecular flexibility index (Phi) is 11.0. The average Bonchev–Trinajstić information content (AvgIpc) is 3.17. The van der Waals surface area contributed by atoms with E-state index in [0.717, 1.165) is 50.1 Å². The number of aliphatic imine (C=N–C) groups is 1. The molecule has 1 aromatic heterocycles. The van der Waals surface area contributed by atoms with Gasteiger partial charge >= 0.3 is 0 Å². The van der Waals surface area contributed by atoms with Crippen LogP contribution in [-0.2, 0) is 0 Å². The fourth-order valence-electron chi connectivity index (χ4n) is 3.89. The highest BCUT2D eigenvalue weighted by atomic mass is 127. The lowest BCUT2D eigenvalue weighted by Crippen LogP contribution is -2.52. The summed E-state index contributed by atoms with van der Waals surface area (Å²) in [6.45, 7) is 13.1. The van der Waals surface area contributed by atoms with Crippen LogP contribution in [0.4, 0.5) is 0 Å². The van der Waals surface area contributed by atoms with Crippen LogP contribution in [0.3, 0.4) is 0 Å². The second-order valence-electron chi connectivity index (χ2n) is 8.45. The van der Waals surface area contributed by atoms with Crippen molar-refractivity contribution in [2.75, 3.05) is 52.9 Å². The average molecular weight is 560 g/mol. The number of benzene rings is 1. The van der Waals surface area contributed by atoms with Gasteiger partial charge in [0.1, 0.15) is 6.10 Å². The van der Waals surface area contributed by atoms with Gasteiger partial charge in [0.15, 0.2) is 5.96 Å². The van der Waals surface area contributed by atoms with Gasteiger partial charge in [0.05, 0.1) is 6.54 Å². The van der Waals surface area contributed by atoms with Gasteiger partial charge in [0.2, 0.25) is 0 Å². The van der Waals surface area contributed by atoms with Crippen LogP contribution in [0.25, 0.3) is 10.1 Å². The smallest absolute Gasteiger partial charge is 0.191 e. The van der Waals surface area contributed by atoms with Crippen LogP contribution >= 0.6 is 35.3 Å². The number of halogens is 1. The highest BCUT2D eigenvalue weighted by Crippen LogP contribution is 2.29. The van der Waals surface area contributed by atoms with Gasteiger partial charge in [-0.15, -0.1) is 35.3 Å². The number of thiophene rings is 1. The summed E-state index contributed by atoms with van der Waals surface area (Å²) < 4.78 is 1.21. The zero-order valence-electron chi connectivity index (χ0n) is 19.2. The molecule has 31 heavy (non-hydrogen) atoms. The van der Waals surface area contributed by atoms with Gasteiger partial charge in [-0.25, -0.2) is 0 Å². The molecule has 1 aliphatic heterocycles. The van der Waals surface area contributed by atoms with Gasteiger partial charge < -0.3 is 20.6 Å². The summed E-state index contributed by atoms with van der Waals surface area (Å²) in [7, 11) is 2.19. The van der Waals surface area contributed by atoms with Crippen molar-refractivity contribution in [3.63, 3.8) is 0 Å². The number of hydrogen-bond acceptors (Lipinski definition) is 5. The first-order chi connectivity index (χ1) is 14.5. The molecule has 0 saturated carbocycles. The molecular weight excluding hydrogens is 521 g/mol. The van der Waals surface area contributed by atoms with E-state index >= 15 is 0 Å². The largest absolute Gasteiger partial charge is 0.386 e. The number of rotatable bonds is 8. The number of aliphatic hydroxyl groups excluding tert-OH is 1. The van der Waals surface area contributed by atoms with Crippen LogP contribution in [0.5, 0.6) is 0 Å². The number of fused-ring (bicyclic) bond motifs is 1. The fraction of sp³-hybridized carbons (Fsp3) is 0.609. The molecular formula is C23H38IN5OS. The molecule has 0 bridgehead atoms. The Morgan fingerprint density at radius 1 is 1.16 bits per heavy atom. The lowest BCUT2D eigenvalue weighted by Gasteiger charge is -2.39. The van der Waals surface area contributed by atoms with Gasteiger partial charge in [-0.3, -0.25) is 9.89 Å². The lowest BCUT2D eigenvalue weighted by atomic mass is 10.0. The van der Waals surface area contributed by atoms with Crippen molar-refractivity contribution in [1.29, 1.82) is 0 Å². The summed E-state index contributed by atoms with van der Waals surface area (Å²) >= 11 is 1.65. The van der Waals surface area contributed by atoms with Crippen molar-refractivity contribution in [2.24, 2.45) is 10.9 Å². The number of nitrogens with zero attached hydrogens (tertiary/aromatic N) is 3. The highest BCUT2D eigenvalue weighted by molar-refractivity contribution is 14.0. The van der Waals surface area contributed by atoms with Crippen LogP contribution < -0.4 is 10.6 Å². The van der Waals surface area contributed by atoms with Crippen molar-refractivity contribution in [1.82, 2.24) is 20.4 Å². The summed E-state index contributed by atoms with van der Waals surface area (Å²) in [5.41, 5.74) is 0. The van der Waals surface area contributed by atoms with Crippen molar-refractivity contribution >= 4 is 51.4 Å². The van der Waals surface area contributed by atoms with E-state index in [1.807, 2.05) is 12.1 Å². The maximum atomic E-state index is 10.7. The second kappa shape index (κ2) is 12.9. The molecule has 174 valence electrons. The Labute approximate surface area is 208 Å². The number of guanidine groups is 1. The molecule has 3 N–H and O–H groups in total. The molecule has 1 saturated heterocycles. The summed E-state index contributed by atoms with van der Waals surface area (Å²) in [4.78, 5) is 10.8. The summed E-state index contributed by atoms with van der Waals surface area (Å²) in [5, 5.41) is 18.5. The van der Waals surface area contributed by atoms with E-state index in [4.69, 9.17) is 4.99 Å². The molecule has 6 nitrogen and oxygen atoms in total. The van der Waals surface area contributed by atoms with E-state index < -0.39 is 6.10 Å². The summed E-state index contributed by atoms with van der Waals surface area (Å²) in [6.07, 6.45) is -0.551. The third kappa shape index (κ3) is 7.56. The molecule has 0 amide bonds. The van der Waals surface area contributed by atoms with Gasteiger partial charge in [-0.05, 0) is 37.4 Å². The Hall–Kier alpha value is -0.940. The normalized spacial score (nSPS) is 18.1. The first-order valence-electron chi connectivity index (χ1n) is 11.1. The maximum absolute atomic E-state index is 10.7. The zero-order chi connectivity index (χ0) is 21.5. The van der Waals surface area contributed by atoms with E-state index in [1.54, 1.807) is 11.3 Å². The quantitative estimate of drug-likeness (QED) is 0.263. The predicted molar refractivity (Wildman–Crippen MR) is 144 cm³/mol. The van der Waals surface area contributed by atoms with E-state index in [-0.39, 0.29) is 24.0 Å². The van der Waals surface area contributed by atoms with Crippen molar-refractivity contribution in [2.45, 2.75) is 32.9 Å². The molecule has 0 spiro atoms. The molecule has 2 atom stereocenters. The number of piperazine rings is 1. The fourth-order valence-corrected chi connectivity index (χ4v) is 4.94. The first-order valence-corrected chi connectivity index (χ1v) is 11.9. The SMILES string of the molecule is CCNC(=NCC(C(C)C)N1CCN(C)CC1)NCC(O)c1cc2ccccc2s1.I. The molecule has 1 aromatic carbocycles. The Morgan fingerprint density at radius 2 is 1.87 bits per heavy atom. The van der Waals surface area contributed by atoms with E-state index in [9.17, 15) is 5.11 Å². The maximum Gasteiger partial charge on any atom is 0.191 e. The summed E-state index contributed by atoms with van der Waals surface area (Å²) in [5.74, 6) is 1.32. The number of hydrogen-bond donors (Lipinski definition) is 3. The van der Waals surface area contributed by atoms with Crippen LogP contribution in [0.15, 0.2) is 35.3 Å². The molecule has 0 aliphatic carbocycles.